The number of aromatic nitrogens is 3. The van der Waals surface area contributed by atoms with Gasteiger partial charge in [0.15, 0.2) is 0 Å². The van der Waals surface area contributed by atoms with Crippen molar-refractivity contribution in [2.24, 2.45) is 0 Å². The van der Waals surface area contributed by atoms with Crippen LogP contribution in [0.1, 0.15) is 50.3 Å². The molecule has 0 radical (unpaired) electrons. The molecule has 0 bridgehead atoms. The van der Waals surface area contributed by atoms with Gasteiger partial charge in [-0.1, -0.05) is 92.2 Å². The van der Waals surface area contributed by atoms with Crippen molar-refractivity contribution in [3.05, 3.63) is 69.8 Å². The molecule has 3 aromatic rings. The summed E-state index contributed by atoms with van der Waals surface area (Å²) in [6, 6.07) is 15.8. The van der Waals surface area contributed by atoms with Crippen LogP contribution in [0.4, 0.5) is 0 Å². The fraction of sp³-hybridized carbons (Fsp3) is 0.391. The number of rotatable bonds is 11. The first kappa shape index (κ1) is 21.8. The first-order valence-electron chi connectivity index (χ1n) is 10.3. The Morgan fingerprint density at radius 2 is 1.69 bits per heavy atom. The normalized spacial score (nSPS) is 11.1. The van der Waals surface area contributed by atoms with E-state index in [0.29, 0.717) is 23.1 Å². The van der Waals surface area contributed by atoms with E-state index in [1.165, 1.54) is 32.1 Å². The predicted octanol–water partition coefficient (Wildman–Crippen LogP) is 6.36. The van der Waals surface area contributed by atoms with Crippen LogP contribution in [0, 0.1) is 0 Å². The zero-order chi connectivity index (χ0) is 20.5. The standard InChI is InChI=1S/C23H28Cl2N4/c1-2-3-4-5-9-14-26-16-22-23(19-10-7-6-8-11-19)28-29(27-22)17-18-12-13-20(24)21(25)15-18/h6-8,10-13,15,26H,2-5,9,14,16-17H2,1H3. The molecule has 0 saturated carbocycles. The number of nitrogens with zero attached hydrogens (tertiary/aromatic N) is 3. The predicted molar refractivity (Wildman–Crippen MR) is 121 cm³/mol. The lowest BCUT2D eigenvalue weighted by atomic mass is 10.1. The van der Waals surface area contributed by atoms with Crippen molar-refractivity contribution < 1.29 is 0 Å². The van der Waals surface area contributed by atoms with E-state index in [1.54, 1.807) is 4.80 Å². The molecule has 154 valence electrons. The van der Waals surface area contributed by atoms with E-state index < -0.39 is 0 Å². The maximum absolute atomic E-state index is 6.15. The van der Waals surface area contributed by atoms with Crippen LogP contribution < -0.4 is 5.32 Å². The second-order valence-corrected chi connectivity index (χ2v) is 8.05. The molecule has 3 rings (SSSR count). The third-order valence-electron chi connectivity index (χ3n) is 4.83. The first-order chi connectivity index (χ1) is 14.2. The highest BCUT2D eigenvalue weighted by molar-refractivity contribution is 6.42. The third kappa shape index (κ3) is 6.56. The summed E-state index contributed by atoms with van der Waals surface area (Å²) < 4.78 is 0. The molecular weight excluding hydrogens is 403 g/mol. The minimum Gasteiger partial charge on any atom is -0.311 e. The van der Waals surface area contributed by atoms with Crippen LogP contribution in [-0.2, 0) is 13.1 Å². The molecule has 0 saturated heterocycles. The number of unbranched alkanes of at least 4 members (excludes halogenated alkanes) is 4. The Kier molecular flexibility index (Phi) is 8.53. The first-order valence-corrected chi connectivity index (χ1v) is 11.1. The van der Waals surface area contributed by atoms with Gasteiger partial charge in [0.25, 0.3) is 0 Å². The van der Waals surface area contributed by atoms with Gasteiger partial charge in [-0.3, -0.25) is 0 Å². The molecule has 6 heteroatoms. The van der Waals surface area contributed by atoms with Crippen molar-refractivity contribution in [3.8, 4) is 11.3 Å². The van der Waals surface area contributed by atoms with E-state index in [9.17, 15) is 0 Å². The third-order valence-corrected chi connectivity index (χ3v) is 5.57. The van der Waals surface area contributed by atoms with Crippen molar-refractivity contribution in [2.75, 3.05) is 6.54 Å². The molecular formula is C23H28Cl2N4. The molecule has 29 heavy (non-hydrogen) atoms. The summed E-state index contributed by atoms with van der Waals surface area (Å²) in [5.41, 5.74) is 3.98. The van der Waals surface area contributed by atoms with Gasteiger partial charge in [-0.2, -0.15) is 15.0 Å². The fourth-order valence-electron chi connectivity index (χ4n) is 3.25. The molecule has 0 spiro atoms. The van der Waals surface area contributed by atoms with Crippen LogP contribution in [-0.4, -0.2) is 21.5 Å². The highest BCUT2D eigenvalue weighted by Crippen LogP contribution is 2.24. The average molecular weight is 431 g/mol. The molecule has 1 aromatic heterocycles. The maximum atomic E-state index is 6.15. The summed E-state index contributed by atoms with van der Waals surface area (Å²) in [5, 5.41) is 14.1. The molecule has 0 aliphatic rings. The smallest absolute Gasteiger partial charge is 0.117 e. The molecule has 0 amide bonds. The van der Waals surface area contributed by atoms with E-state index in [1.807, 2.05) is 36.4 Å². The van der Waals surface area contributed by atoms with E-state index >= 15 is 0 Å². The molecule has 0 atom stereocenters. The minimum atomic E-state index is 0.546. The average Bonchev–Trinajstić information content (AvgIpc) is 3.13. The Hall–Kier alpha value is -1.88. The van der Waals surface area contributed by atoms with Crippen molar-refractivity contribution in [1.29, 1.82) is 0 Å². The number of hydrogen-bond donors (Lipinski definition) is 1. The molecule has 0 fully saturated rings. The Bertz CT molecular complexity index is 893. The van der Waals surface area contributed by atoms with Gasteiger partial charge >= 0.3 is 0 Å². The number of benzene rings is 2. The summed E-state index contributed by atoms with van der Waals surface area (Å²) in [7, 11) is 0. The monoisotopic (exact) mass is 430 g/mol. The zero-order valence-electron chi connectivity index (χ0n) is 16.9. The Morgan fingerprint density at radius 3 is 2.45 bits per heavy atom. The van der Waals surface area contributed by atoms with Crippen LogP contribution in [0.15, 0.2) is 48.5 Å². The summed E-state index contributed by atoms with van der Waals surface area (Å²) in [4.78, 5) is 1.74. The second-order valence-electron chi connectivity index (χ2n) is 7.23. The lowest BCUT2D eigenvalue weighted by Crippen LogP contribution is -2.16. The van der Waals surface area contributed by atoms with Crippen molar-refractivity contribution in [2.45, 2.75) is 52.1 Å². The van der Waals surface area contributed by atoms with Gasteiger partial charge < -0.3 is 5.32 Å². The number of halogens is 2. The van der Waals surface area contributed by atoms with Crippen molar-refractivity contribution >= 4 is 23.2 Å². The summed E-state index contributed by atoms with van der Waals surface area (Å²) in [6.07, 6.45) is 6.37. The van der Waals surface area contributed by atoms with Crippen LogP contribution in [0.25, 0.3) is 11.3 Å². The number of hydrogen-bond acceptors (Lipinski definition) is 3. The van der Waals surface area contributed by atoms with E-state index in [-0.39, 0.29) is 0 Å². The largest absolute Gasteiger partial charge is 0.311 e. The van der Waals surface area contributed by atoms with E-state index in [2.05, 4.69) is 24.4 Å². The van der Waals surface area contributed by atoms with Gasteiger partial charge in [-0.25, -0.2) is 0 Å². The Balaban J connectivity index is 1.69. The van der Waals surface area contributed by atoms with Crippen molar-refractivity contribution in [3.63, 3.8) is 0 Å². The van der Waals surface area contributed by atoms with Crippen LogP contribution in [0.3, 0.4) is 0 Å². The molecule has 0 aliphatic carbocycles. The highest BCUT2D eigenvalue weighted by atomic mass is 35.5. The summed E-state index contributed by atoms with van der Waals surface area (Å²) in [6.45, 7) is 4.50. The van der Waals surface area contributed by atoms with Gasteiger partial charge in [0.2, 0.25) is 0 Å². The highest BCUT2D eigenvalue weighted by Gasteiger charge is 2.13. The molecule has 0 aliphatic heterocycles. The van der Waals surface area contributed by atoms with E-state index in [0.717, 1.165) is 29.1 Å². The topological polar surface area (TPSA) is 42.7 Å². The van der Waals surface area contributed by atoms with Gasteiger partial charge in [-0.05, 0) is 30.7 Å². The molecule has 0 unspecified atom stereocenters. The van der Waals surface area contributed by atoms with Crippen LogP contribution in [0.5, 0.6) is 0 Å². The lowest BCUT2D eigenvalue weighted by Gasteiger charge is -2.04. The summed E-state index contributed by atoms with van der Waals surface area (Å²) in [5.74, 6) is 0. The van der Waals surface area contributed by atoms with Gasteiger partial charge in [0.05, 0.1) is 16.6 Å². The minimum absolute atomic E-state index is 0.546. The molecule has 1 heterocycles. The quantitative estimate of drug-likeness (QED) is 0.359. The molecule has 2 aromatic carbocycles. The van der Waals surface area contributed by atoms with Crippen LogP contribution in [0.2, 0.25) is 10.0 Å². The fourth-order valence-corrected chi connectivity index (χ4v) is 3.57. The molecule has 4 nitrogen and oxygen atoms in total. The lowest BCUT2D eigenvalue weighted by molar-refractivity contribution is 0.561. The van der Waals surface area contributed by atoms with Gasteiger partial charge in [0.1, 0.15) is 11.4 Å². The van der Waals surface area contributed by atoms with Crippen LogP contribution >= 0.6 is 23.2 Å². The summed E-state index contributed by atoms with van der Waals surface area (Å²) >= 11 is 12.2. The Morgan fingerprint density at radius 1 is 0.897 bits per heavy atom. The number of nitrogens with one attached hydrogen (secondary N) is 1. The van der Waals surface area contributed by atoms with E-state index in [4.69, 9.17) is 33.4 Å². The maximum Gasteiger partial charge on any atom is 0.117 e. The van der Waals surface area contributed by atoms with Gasteiger partial charge in [-0.15, -0.1) is 0 Å². The Labute approximate surface area is 183 Å². The van der Waals surface area contributed by atoms with Crippen molar-refractivity contribution in [1.82, 2.24) is 20.3 Å². The SMILES string of the molecule is CCCCCCCNCc1nn(Cc2ccc(Cl)c(Cl)c2)nc1-c1ccccc1. The van der Waals surface area contributed by atoms with Gasteiger partial charge in [0, 0.05) is 12.1 Å². The molecule has 1 N–H and O–H groups in total. The zero-order valence-corrected chi connectivity index (χ0v) is 18.4. The second kappa shape index (κ2) is 11.3.